The van der Waals surface area contributed by atoms with Crippen molar-refractivity contribution in [2.24, 2.45) is 10.8 Å². The summed E-state index contributed by atoms with van der Waals surface area (Å²) < 4.78 is 0. The number of amides is 2. The van der Waals surface area contributed by atoms with Crippen molar-refractivity contribution in [3.8, 4) is 0 Å². The summed E-state index contributed by atoms with van der Waals surface area (Å²) in [5.41, 5.74) is 12.1. The Balaban J connectivity index is 1.93. The zero-order valence-corrected chi connectivity index (χ0v) is 14.3. The molecule has 0 saturated heterocycles. The molecule has 2 amide bonds. The van der Waals surface area contributed by atoms with Gasteiger partial charge in [-0.1, -0.05) is 29.8 Å². The molecule has 5 N–H and O–H groups in total. The zero-order chi connectivity index (χ0) is 17.5. The summed E-state index contributed by atoms with van der Waals surface area (Å²) in [6, 6.07) is 14.5. The Kier molecular flexibility index (Phi) is 5.86. The topological polar surface area (TPSA) is 91.5 Å². The molecule has 0 aliphatic rings. The molecular formula is C17H19N5OS. The lowest BCUT2D eigenvalue weighted by Gasteiger charge is -2.07. The molecule has 124 valence electrons. The number of nitrogens with zero attached hydrogens (tertiary/aromatic N) is 1. The second kappa shape index (κ2) is 8.07. The van der Waals surface area contributed by atoms with Gasteiger partial charge in [0.05, 0.1) is 5.71 Å². The van der Waals surface area contributed by atoms with E-state index in [4.69, 9.17) is 18.0 Å². The second-order valence-corrected chi connectivity index (χ2v) is 5.64. The number of carbonyl (C=O) groups excluding carboxylic acids is 1. The predicted octanol–water partition coefficient (Wildman–Crippen LogP) is 3.20. The molecular weight excluding hydrogens is 322 g/mol. The quantitative estimate of drug-likeness (QED) is 0.390. The number of hydrogen-bond acceptors (Lipinski definition) is 3. The summed E-state index contributed by atoms with van der Waals surface area (Å²) in [5, 5.41) is 9.85. The van der Waals surface area contributed by atoms with Crippen LogP contribution < -0.4 is 21.8 Å². The van der Waals surface area contributed by atoms with Gasteiger partial charge in [-0.15, -0.1) is 0 Å². The van der Waals surface area contributed by atoms with E-state index in [-0.39, 0.29) is 5.11 Å². The molecule has 0 aliphatic heterocycles. The van der Waals surface area contributed by atoms with Gasteiger partial charge in [-0.2, -0.15) is 5.10 Å². The number of hydrogen-bond donors (Lipinski definition) is 4. The van der Waals surface area contributed by atoms with Crippen LogP contribution in [0, 0.1) is 6.92 Å². The Morgan fingerprint density at radius 3 is 2.12 bits per heavy atom. The molecule has 2 aromatic carbocycles. The minimum absolute atomic E-state index is 0.211. The third-order valence-electron chi connectivity index (χ3n) is 3.20. The van der Waals surface area contributed by atoms with Crippen molar-refractivity contribution in [3.63, 3.8) is 0 Å². The molecule has 0 aromatic heterocycles. The number of nitrogens with two attached hydrogens (primary N) is 1. The van der Waals surface area contributed by atoms with Crippen LogP contribution in [0.2, 0.25) is 0 Å². The first kappa shape index (κ1) is 17.4. The molecule has 0 bridgehead atoms. The normalized spacial score (nSPS) is 10.8. The van der Waals surface area contributed by atoms with E-state index < -0.39 is 6.03 Å². The Labute approximate surface area is 146 Å². The van der Waals surface area contributed by atoms with E-state index in [0.29, 0.717) is 11.4 Å². The molecule has 0 saturated carbocycles. The minimum Gasteiger partial charge on any atom is -0.376 e. The highest BCUT2D eigenvalue weighted by molar-refractivity contribution is 7.80. The number of benzene rings is 2. The van der Waals surface area contributed by atoms with E-state index >= 15 is 0 Å². The van der Waals surface area contributed by atoms with Crippen molar-refractivity contribution in [1.29, 1.82) is 0 Å². The number of hydrazone groups is 1. The van der Waals surface area contributed by atoms with Crippen LogP contribution in [-0.2, 0) is 0 Å². The first-order valence-corrected chi connectivity index (χ1v) is 7.70. The molecule has 0 radical (unpaired) electrons. The summed E-state index contributed by atoms with van der Waals surface area (Å²) in [6.07, 6.45) is 0. The zero-order valence-electron chi connectivity index (χ0n) is 13.5. The van der Waals surface area contributed by atoms with Crippen LogP contribution in [0.25, 0.3) is 0 Å². The lowest BCUT2D eigenvalue weighted by Crippen LogP contribution is -2.25. The van der Waals surface area contributed by atoms with Crippen molar-refractivity contribution in [3.05, 3.63) is 59.7 Å². The summed E-state index contributed by atoms with van der Waals surface area (Å²) in [7, 11) is 0. The molecule has 2 aromatic rings. The monoisotopic (exact) mass is 341 g/mol. The van der Waals surface area contributed by atoms with Crippen molar-refractivity contribution >= 4 is 40.4 Å². The lowest BCUT2D eigenvalue weighted by molar-refractivity contribution is 0.252. The van der Waals surface area contributed by atoms with E-state index in [1.54, 1.807) is 0 Å². The number of anilines is 2. The average molecular weight is 341 g/mol. The number of rotatable bonds is 4. The average Bonchev–Trinajstić information content (AvgIpc) is 2.55. The number of aryl methyl sites for hydroxylation is 1. The molecule has 0 spiro atoms. The van der Waals surface area contributed by atoms with Gasteiger partial charge < -0.3 is 16.4 Å². The minimum atomic E-state index is -0.398. The van der Waals surface area contributed by atoms with Gasteiger partial charge in [-0.3, -0.25) is 0 Å². The third kappa shape index (κ3) is 5.36. The largest absolute Gasteiger partial charge is 0.376 e. The molecule has 0 aliphatic carbocycles. The number of urea groups is 1. The molecule has 0 atom stereocenters. The van der Waals surface area contributed by atoms with Gasteiger partial charge >= 0.3 is 6.03 Å². The molecule has 0 fully saturated rings. The van der Waals surface area contributed by atoms with Crippen molar-refractivity contribution in [2.75, 3.05) is 10.6 Å². The van der Waals surface area contributed by atoms with Crippen LogP contribution in [-0.4, -0.2) is 16.9 Å². The lowest BCUT2D eigenvalue weighted by atomic mass is 10.1. The van der Waals surface area contributed by atoms with Crippen LogP contribution in [0.4, 0.5) is 16.2 Å². The van der Waals surface area contributed by atoms with Crippen molar-refractivity contribution < 1.29 is 4.79 Å². The smallest absolute Gasteiger partial charge is 0.339 e. The van der Waals surface area contributed by atoms with E-state index in [9.17, 15) is 4.79 Å². The Bertz CT molecular complexity index is 754. The highest BCUT2D eigenvalue weighted by atomic mass is 32.1. The van der Waals surface area contributed by atoms with Gasteiger partial charge in [-0.25, -0.2) is 10.2 Å². The van der Waals surface area contributed by atoms with Crippen molar-refractivity contribution in [1.82, 2.24) is 5.43 Å². The van der Waals surface area contributed by atoms with E-state index in [1.807, 2.05) is 62.4 Å². The number of thiocarbonyl (C=S) groups is 1. The van der Waals surface area contributed by atoms with Crippen LogP contribution in [0.1, 0.15) is 18.1 Å². The second-order valence-electron chi connectivity index (χ2n) is 5.20. The van der Waals surface area contributed by atoms with Crippen LogP contribution >= 0.6 is 12.2 Å². The fourth-order valence-electron chi connectivity index (χ4n) is 1.93. The third-order valence-corrected chi connectivity index (χ3v) is 3.31. The van der Waals surface area contributed by atoms with Gasteiger partial charge in [-0.05, 0) is 55.9 Å². The number of nitrogens with one attached hydrogen (secondary N) is 3. The molecule has 6 nitrogen and oxygen atoms in total. The highest BCUT2D eigenvalue weighted by Gasteiger charge is 2.02. The first-order chi connectivity index (χ1) is 11.4. The summed E-state index contributed by atoms with van der Waals surface area (Å²) >= 11 is 4.78. The molecule has 0 unspecified atom stereocenters. The summed E-state index contributed by atoms with van der Waals surface area (Å²) in [5.74, 6) is 0. The van der Waals surface area contributed by atoms with E-state index in [2.05, 4.69) is 21.2 Å². The fourth-order valence-corrected chi connectivity index (χ4v) is 2.05. The molecule has 7 heteroatoms. The summed E-state index contributed by atoms with van der Waals surface area (Å²) in [4.78, 5) is 11.8. The SMILES string of the molecule is C/C(=N\NC(=O)Nc1ccc(C)cc1)c1ccc(NC(N)=S)cc1. The van der Waals surface area contributed by atoms with Gasteiger partial charge in [0, 0.05) is 11.4 Å². The van der Waals surface area contributed by atoms with Crippen molar-refractivity contribution in [2.45, 2.75) is 13.8 Å². The van der Waals surface area contributed by atoms with Gasteiger partial charge in [0.25, 0.3) is 0 Å². The first-order valence-electron chi connectivity index (χ1n) is 7.29. The Morgan fingerprint density at radius 1 is 1.00 bits per heavy atom. The maximum absolute atomic E-state index is 11.8. The molecule has 24 heavy (non-hydrogen) atoms. The number of carbonyl (C=O) groups is 1. The molecule has 2 rings (SSSR count). The Hall–Kier alpha value is -2.93. The maximum Gasteiger partial charge on any atom is 0.339 e. The predicted molar refractivity (Wildman–Crippen MR) is 102 cm³/mol. The van der Waals surface area contributed by atoms with E-state index in [0.717, 1.165) is 16.8 Å². The highest BCUT2D eigenvalue weighted by Crippen LogP contribution is 2.10. The maximum atomic E-state index is 11.8. The van der Waals surface area contributed by atoms with Crippen LogP contribution in [0.15, 0.2) is 53.6 Å². The van der Waals surface area contributed by atoms with Crippen LogP contribution in [0.5, 0.6) is 0 Å². The van der Waals surface area contributed by atoms with Gasteiger partial charge in [0.15, 0.2) is 5.11 Å². The Morgan fingerprint density at radius 2 is 1.54 bits per heavy atom. The van der Waals surface area contributed by atoms with Crippen LogP contribution in [0.3, 0.4) is 0 Å². The van der Waals surface area contributed by atoms with E-state index in [1.165, 1.54) is 0 Å². The standard InChI is InChI=1S/C17H19N5OS/c1-11-3-7-15(8-4-11)20-17(23)22-21-12(2)13-5-9-14(10-6-13)19-16(18)24/h3-10H,1-2H3,(H3,18,19,24)(H2,20,22,23)/b21-12+. The summed E-state index contributed by atoms with van der Waals surface area (Å²) in [6.45, 7) is 3.79. The van der Waals surface area contributed by atoms with Gasteiger partial charge in [0.2, 0.25) is 0 Å². The fraction of sp³-hybridized carbons (Fsp3) is 0.118. The molecule has 0 heterocycles. The van der Waals surface area contributed by atoms with Gasteiger partial charge in [0.1, 0.15) is 0 Å².